The molecule has 5 aromatic rings. The van der Waals surface area contributed by atoms with E-state index in [9.17, 15) is 22.8 Å². The number of alkyl halides is 3. The summed E-state index contributed by atoms with van der Waals surface area (Å²) in [5, 5.41) is 2.01. The van der Waals surface area contributed by atoms with Crippen LogP contribution in [0.4, 0.5) is 13.2 Å². The number of hydrogen-bond donors (Lipinski definition) is 0. The first-order valence-electron chi connectivity index (χ1n) is 14.2. The van der Waals surface area contributed by atoms with Crippen molar-refractivity contribution >= 4 is 33.2 Å². The van der Waals surface area contributed by atoms with Crippen LogP contribution in [0.5, 0.6) is 17.2 Å². The first-order valence-corrected chi connectivity index (χ1v) is 14.2. The molecular formula is C36H31F3N2O4. The standard InChI is InChI=1S/C36H31F3N2O4/c1-22-18-30-28(21-35(22)44-4)34(15-16-40-30)45-33-12-6-8-24-25(9-5-10-26(24)33)32(43)20-23-13-14-27(29(19-23)36(37,38)39)31(42)11-7-17-41(2)3/h5-16,18-19,21H,17,20H2,1-4H3/b11-7+. The number of ether oxygens (including phenoxy) is 2. The van der Waals surface area contributed by atoms with Crippen LogP contribution in [0, 0.1) is 6.92 Å². The number of hydrogen-bond acceptors (Lipinski definition) is 6. The molecule has 0 atom stereocenters. The fourth-order valence-electron chi connectivity index (χ4n) is 5.18. The van der Waals surface area contributed by atoms with Crippen molar-refractivity contribution in [3.63, 3.8) is 0 Å². The highest BCUT2D eigenvalue weighted by atomic mass is 19.4. The van der Waals surface area contributed by atoms with Gasteiger partial charge in [0.1, 0.15) is 17.2 Å². The molecule has 6 nitrogen and oxygen atoms in total. The van der Waals surface area contributed by atoms with Crippen LogP contribution < -0.4 is 9.47 Å². The van der Waals surface area contributed by atoms with E-state index in [-0.39, 0.29) is 17.8 Å². The van der Waals surface area contributed by atoms with Crippen molar-refractivity contribution in [2.45, 2.75) is 19.5 Å². The lowest BCUT2D eigenvalue weighted by Crippen LogP contribution is -2.15. The van der Waals surface area contributed by atoms with Gasteiger partial charge in [0, 0.05) is 41.1 Å². The maximum absolute atomic E-state index is 14.0. The molecule has 1 aromatic heterocycles. The van der Waals surface area contributed by atoms with E-state index >= 15 is 0 Å². The number of benzene rings is 4. The molecule has 0 fully saturated rings. The lowest BCUT2D eigenvalue weighted by atomic mass is 9.94. The molecule has 0 radical (unpaired) electrons. The summed E-state index contributed by atoms with van der Waals surface area (Å²) in [6, 6.07) is 19.4. The van der Waals surface area contributed by atoms with Crippen LogP contribution in [0.25, 0.3) is 21.7 Å². The number of pyridine rings is 1. The molecule has 230 valence electrons. The summed E-state index contributed by atoms with van der Waals surface area (Å²) in [6.45, 7) is 2.34. The predicted octanol–water partition coefficient (Wildman–Crippen LogP) is 8.24. The number of halogens is 3. The Hall–Kier alpha value is -5.02. The Morgan fingerprint density at radius 2 is 1.60 bits per heavy atom. The normalized spacial score (nSPS) is 11.9. The number of carbonyl (C=O) groups is 2. The Labute approximate surface area is 258 Å². The lowest BCUT2D eigenvalue weighted by Gasteiger charge is -2.15. The second kappa shape index (κ2) is 12.9. The minimum Gasteiger partial charge on any atom is -0.496 e. The Balaban J connectivity index is 1.46. The first-order chi connectivity index (χ1) is 21.5. The number of aryl methyl sites for hydroxylation is 1. The van der Waals surface area contributed by atoms with E-state index in [0.717, 1.165) is 34.7 Å². The molecule has 4 aromatic carbocycles. The highest BCUT2D eigenvalue weighted by Crippen LogP contribution is 2.37. The lowest BCUT2D eigenvalue weighted by molar-refractivity contribution is -0.137. The van der Waals surface area contributed by atoms with Gasteiger partial charge in [0.2, 0.25) is 0 Å². The van der Waals surface area contributed by atoms with Gasteiger partial charge < -0.3 is 14.4 Å². The van der Waals surface area contributed by atoms with E-state index in [1.807, 2.05) is 25.1 Å². The molecule has 0 amide bonds. The van der Waals surface area contributed by atoms with Gasteiger partial charge in [-0.2, -0.15) is 13.2 Å². The molecule has 0 bridgehead atoms. The van der Waals surface area contributed by atoms with Crippen LogP contribution >= 0.6 is 0 Å². The molecule has 0 saturated carbocycles. The number of ketones is 2. The fraction of sp³-hybridized carbons (Fsp3) is 0.194. The van der Waals surface area contributed by atoms with E-state index in [2.05, 4.69) is 4.98 Å². The summed E-state index contributed by atoms with van der Waals surface area (Å²) >= 11 is 0. The minimum absolute atomic E-state index is 0.151. The number of allylic oxidation sites excluding steroid dienone is 1. The molecule has 0 unspecified atom stereocenters. The monoisotopic (exact) mass is 612 g/mol. The quantitative estimate of drug-likeness (QED) is 0.117. The number of likely N-dealkylation sites (N-methyl/N-ethyl adjacent to an activating group) is 1. The zero-order valence-electron chi connectivity index (χ0n) is 25.2. The number of nitrogens with zero attached hydrogens (tertiary/aromatic N) is 2. The van der Waals surface area contributed by atoms with Gasteiger partial charge in [-0.3, -0.25) is 14.6 Å². The van der Waals surface area contributed by atoms with Gasteiger partial charge in [-0.05, 0) is 73.9 Å². The number of fused-ring (bicyclic) bond motifs is 2. The van der Waals surface area contributed by atoms with Gasteiger partial charge in [0.05, 0.1) is 18.2 Å². The highest BCUT2D eigenvalue weighted by molar-refractivity contribution is 6.10. The third-order valence-electron chi connectivity index (χ3n) is 7.38. The number of rotatable bonds is 10. The van der Waals surface area contributed by atoms with Crippen molar-refractivity contribution in [3.8, 4) is 17.2 Å². The summed E-state index contributed by atoms with van der Waals surface area (Å²) in [4.78, 5) is 32.3. The Morgan fingerprint density at radius 3 is 2.33 bits per heavy atom. The molecule has 0 aliphatic heterocycles. The van der Waals surface area contributed by atoms with Crippen molar-refractivity contribution < 1.29 is 32.2 Å². The largest absolute Gasteiger partial charge is 0.496 e. The van der Waals surface area contributed by atoms with Crippen LogP contribution in [-0.4, -0.2) is 49.2 Å². The third kappa shape index (κ3) is 6.89. The molecule has 5 rings (SSSR count). The van der Waals surface area contributed by atoms with Crippen LogP contribution in [-0.2, 0) is 12.6 Å². The Morgan fingerprint density at radius 1 is 0.867 bits per heavy atom. The smallest absolute Gasteiger partial charge is 0.417 e. The van der Waals surface area contributed by atoms with Gasteiger partial charge in [0.15, 0.2) is 11.6 Å². The van der Waals surface area contributed by atoms with E-state index in [4.69, 9.17) is 9.47 Å². The van der Waals surface area contributed by atoms with Crippen molar-refractivity contribution in [1.29, 1.82) is 0 Å². The van der Waals surface area contributed by atoms with Gasteiger partial charge in [0.25, 0.3) is 0 Å². The van der Waals surface area contributed by atoms with E-state index in [1.54, 1.807) is 68.7 Å². The van der Waals surface area contributed by atoms with Crippen molar-refractivity contribution in [2.24, 2.45) is 0 Å². The summed E-state index contributed by atoms with van der Waals surface area (Å²) in [5.74, 6) is 0.620. The average Bonchev–Trinajstić information content (AvgIpc) is 3.00. The molecule has 0 saturated heterocycles. The topological polar surface area (TPSA) is 68.7 Å². The van der Waals surface area contributed by atoms with Crippen LogP contribution in [0.15, 0.2) is 91.1 Å². The second-order valence-corrected chi connectivity index (χ2v) is 10.9. The minimum atomic E-state index is -4.77. The molecule has 0 aliphatic rings. The summed E-state index contributed by atoms with van der Waals surface area (Å²) in [6.07, 6.45) is -0.764. The van der Waals surface area contributed by atoms with Crippen LogP contribution in [0.1, 0.15) is 37.4 Å². The molecule has 0 aliphatic carbocycles. The summed E-state index contributed by atoms with van der Waals surface area (Å²) < 4.78 is 53.8. The number of Topliss-reactive ketones (excluding diaryl/α,β-unsaturated/α-hetero) is 1. The maximum atomic E-state index is 14.0. The van der Waals surface area contributed by atoms with Gasteiger partial charge in [-0.25, -0.2) is 0 Å². The molecular weight excluding hydrogens is 581 g/mol. The zero-order chi connectivity index (χ0) is 32.3. The number of aromatic nitrogens is 1. The molecule has 0 N–H and O–H groups in total. The van der Waals surface area contributed by atoms with Crippen molar-refractivity contribution in [2.75, 3.05) is 27.7 Å². The number of carbonyl (C=O) groups excluding carboxylic acids is 2. The van der Waals surface area contributed by atoms with Crippen molar-refractivity contribution in [1.82, 2.24) is 9.88 Å². The maximum Gasteiger partial charge on any atom is 0.417 e. The number of methoxy groups -OCH3 is 1. The van der Waals surface area contributed by atoms with Gasteiger partial charge >= 0.3 is 6.18 Å². The summed E-state index contributed by atoms with van der Waals surface area (Å²) in [5.41, 5.74) is 0.628. The van der Waals surface area contributed by atoms with E-state index in [0.29, 0.717) is 40.1 Å². The Bertz CT molecular complexity index is 1950. The zero-order valence-corrected chi connectivity index (χ0v) is 25.2. The van der Waals surface area contributed by atoms with E-state index < -0.39 is 23.1 Å². The second-order valence-electron chi connectivity index (χ2n) is 10.9. The van der Waals surface area contributed by atoms with E-state index in [1.165, 1.54) is 12.1 Å². The average molecular weight is 613 g/mol. The fourth-order valence-corrected chi connectivity index (χ4v) is 5.18. The highest BCUT2D eigenvalue weighted by Gasteiger charge is 2.35. The first kappa shape index (κ1) is 31.4. The summed E-state index contributed by atoms with van der Waals surface area (Å²) in [7, 11) is 5.16. The predicted molar refractivity (Wildman–Crippen MR) is 169 cm³/mol. The van der Waals surface area contributed by atoms with Crippen molar-refractivity contribution in [3.05, 3.63) is 119 Å². The van der Waals surface area contributed by atoms with Gasteiger partial charge in [-0.1, -0.05) is 48.5 Å². The molecule has 0 spiro atoms. The molecule has 1 heterocycles. The Kier molecular flexibility index (Phi) is 9.01. The van der Waals surface area contributed by atoms with Crippen LogP contribution in [0.2, 0.25) is 0 Å². The SMILES string of the molecule is COc1cc2c(Oc3cccc4c(C(=O)Cc5ccc(C(=O)/C=C/CN(C)C)c(C(F)(F)F)c5)cccc34)ccnc2cc1C. The third-order valence-corrected chi connectivity index (χ3v) is 7.38. The molecule has 9 heteroatoms. The van der Waals surface area contributed by atoms with Gasteiger partial charge in [-0.15, -0.1) is 0 Å². The molecule has 45 heavy (non-hydrogen) atoms. The van der Waals surface area contributed by atoms with Crippen LogP contribution in [0.3, 0.4) is 0 Å².